The van der Waals surface area contributed by atoms with Crippen LogP contribution in [-0.4, -0.2) is 11.0 Å². The second-order valence-electron chi connectivity index (χ2n) is 7.13. The van der Waals surface area contributed by atoms with Gasteiger partial charge in [-0.25, -0.2) is 15.0 Å². The molecule has 2 N–H and O–H groups in total. The molecule has 9 heteroatoms. The van der Waals surface area contributed by atoms with Crippen LogP contribution in [0.5, 0.6) is 0 Å². The Hall–Kier alpha value is -3.72. The number of nitrogens with zero attached hydrogens (tertiary/aromatic N) is 2. The first kappa shape index (κ1) is 21.5. The number of nitrogens with two attached hydrogens (primary N) is 1. The van der Waals surface area contributed by atoms with Gasteiger partial charge in [0.1, 0.15) is 12.4 Å². The standard InChI is InChI=1S/C23H17F4N3O2/c24-20-12-17(3-5-19(20)23(25,26)27)30(28)21(15-7-9-29-10-8-15)6-2-14-1-4-18-16(11-14)13-32-22(18)31/h1,3-12H,2,13,28H2/b21-6-. The van der Waals surface area contributed by atoms with Crippen LogP contribution in [0.4, 0.5) is 23.2 Å². The SMILES string of the molecule is NN(/C(=C\Cc1ccc2c(c1)COC2=O)c1ccncc1)c1ccc(C(F)(F)F)c(F)c1. The van der Waals surface area contributed by atoms with Crippen molar-refractivity contribution in [1.29, 1.82) is 0 Å². The van der Waals surface area contributed by atoms with Crippen LogP contribution in [-0.2, 0) is 23.9 Å². The molecule has 32 heavy (non-hydrogen) atoms. The average Bonchev–Trinajstić information content (AvgIpc) is 3.13. The molecule has 0 fully saturated rings. The van der Waals surface area contributed by atoms with Gasteiger partial charge >= 0.3 is 12.1 Å². The lowest BCUT2D eigenvalue weighted by atomic mass is 10.0. The van der Waals surface area contributed by atoms with Gasteiger partial charge in [0.15, 0.2) is 0 Å². The summed E-state index contributed by atoms with van der Waals surface area (Å²) in [7, 11) is 0. The van der Waals surface area contributed by atoms with Gasteiger partial charge in [0.25, 0.3) is 0 Å². The number of benzene rings is 2. The highest BCUT2D eigenvalue weighted by Gasteiger charge is 2.34. The third-order valence-corrected chi connectivity index (χ3v) is 5.05. The Morgan fingerprint density at radius 2 is 1.88 bits per heavy atom. The summed E-state index contributed by atoms with van der Waals surface area (Å²) in [4.78, 5) is 15.6. The number of aromatic nitrogens is 1. The number of cyclic esters (lactones) is 1. The number of hydrazine groups is 1. The predicted octanol–water partition coefficient (Wildman–Crippen LogP) is 4.87. The van der Waals surface area contributed by atoms with Crippen LogP contribution < -0.4 is 10.9 Å². The maximum Gasteiger partial charge on any atom is 0.419 e. The molecule has 0 radical (unpaired) electrons. The molecule has 0 saturated heterocycles. The molecule has 5 nitrogen and oxygen atoms in total. The van der Waals surface area contributed by atoms with Crippen LogP contribution >= 0.6 is 0 Å². The lowest BCUT2D eigenvalue weighted by molar-refractivity contribution is -0.139. The van der Waals surface area contributed by atoms with Crippen molar-refractivity contribution in [2.75, 3.05) is 5.01 Å². The summed E-state index contributed by atoms with van der Waals surface area (Å²) in [5, 5.41) is 1.12. The highest BCUT2D eigenvalue weighted by atomic mass is 19.4. The van der Waals surface area contributed by atoms with E-state index in [2.05, 4.69) is 4.98 Å². The fourth-order valence-electron chi connectivity index (χ4n) is 3.43. The summed E-state index contributed by atoms with van der Waals surface area (Å²) in [6, 6.07) is 11.2. The minimum absolute atomic E-state index is 0.0477. The topological polar surface area (TPSA) is 68.4 Å². The molecule has 0 spiro atoms. The van der Waals surface area contributed by atoms with Gasteiger partial charge in [-0.1, -0.05) is 18.2 Å². The number of rotatable bonds is 5. The fraction of sp³-hybridized carbons (Fsp3) is 0.130. The molecule has 1 aliphatic rings. The Kier molecular flexibility index (Phi) is 5.67. The van der Waals surface area contributed by atoms with Gasteiger partial charge < -0.3 is 4.74 Å². The lowest BCUT2D eigenvalue weighted by Gasteiger charge is -2.23. The largest absolute Gasteiger partial charge is 0.457 e. The van der Waals surface area contributed by atoms with Crippen molar-refractivity contribution in [3.05, 3.63) is 101 Å². The molecule has 1 aliphatic heterocycles. The molecular weight excluding hydrogens is 426 g/mol. The first-order chi connectivity index (χ1) is 15.2. The Balaban J connectivity index is 1.67. The number of carbonyl (C=O) groups is 1. The van der Waals surface area contributed by atoms with Crippen LogP contribution in [0.3, 0.4) is 0 Å². The van der Waals surface area contributed by atoms with Crippen LogP contribution in [0, 0.1) is 5.82 Å². The fourth-order valence-corrected chi connectivity index (χ4v) is 3.43. The number of hydrogen-bond donors (Lipinski definition) is 1. The van der Waals surface area contributed by atoms with Crippen molar-refractivity contribution in [2.24, 2.45) is 5.84 Å². The first-order valence-corrected chi connectivity index (χ1v) is 9.55. The van der Waals surface area contributed by atoms with Gasteiger partial charge in [-0.05, 0) is 48.4 Å². The van der Waals surface area contributed by atoms with E-state index in [-0.39, 0.29) is 18.3 Å². The zero-order chi connectivity index (χ0) is 22.9. The Morgan fingerprint density at radius 1 is 1.12 bits per heavy atom. The van der Waals surface area contributed by atoms with E-state index in [0.29, 0.717) is 29.3 Å². The number of halogens is 4. The lowest BCUT2D eigenvalue weighted by Crippen LogP contribution is -2.29. The molecule has 3 aromatic rings. The second kappa shape index (κ2) is 8.43. The highest BCUT2D eigenvalue weighted by molar-refractivity contribution is 5.93. The number of allylic oxidation sites excluding steroid dienone is 1. The van der Waals surface area contributed by atoms with Crippen molar-refractivity contribution in [3.63, 3.8) is 0 Å². The van der Waals surface area contributed by atoms with Gasteiger partial charge in [0, 0.05) is 23.5 Å². The smallest absolute Gasteiger partial charge is 0.419 e. The third kappa shape index (κ3) is 4.33. The number of esters is 1. The average molecular weight is 443 g/mol. The monoisotopic (exact) mass is 443 g/mol. The van der Waals surface area contributed by atoms with Crippen LogP contribution in [0.15, 0.2) is 67.0 Å². The summed E-state index contributed by atoms with van der Waals surface area (Å²) >= 11 is 0. The van der Waals surface area contributed by atoms with Crippen molar-refractivity contribution in [3.8, 4) is 0 Å². The maximum atomic E-state index is 14.1. The van der Waals surface area contributed by atoms with E-state index >= 15 is 0 Å². The van der Waals surface area contributed by atoms with E-state index in [0.717, 1.165) is 28.3 Å². The molecule has 0 unspecified atom stereocenters. The van der Waals surface area contributed by atoms with E-state index in [9.17, 15) is 22.4 Å². The number of hydrogen-bond acceptors (Lipinski definition) is 5. The highest BCUT2D eigenvalue weighted by Crippen LogP contribution is 2.34. The molecular formula is C23H17F4N3O2. The van der Waals surface area contributed by atoms with E-state index in [1.165, 1.54) is 0 Å². The van der Waals surface area contributed by atoms with Gasteiger partial charge in [-0.15, -0.1) is 0 Å². The van der Waals surface area contributed by atoms with Gasteiger partial charge in [-0.3, -0.25) is 9.99 Å². The maximum absolute atomic E-state index is 14.1. The predicted molar refractivity (Wildman–Crippen MR) is 110 cm³/mol. The number of carbonyl (C=O) groups excluding carboxylic acids is 1. The number of anilines is 1. The molecule has 0 bridgehead atoms. The molecule has 4 rings (SSSR count). The van der Waals surface area contributed by atoms with Gasteiger partial charge in [0.2, 0.25) is 0 Å². The quantitative estimate of drug-likeness (QED) is 0.264. The molecule has 0 aliphatic carbocycles. The van der Waals surface area contributed by atoms with E-state index < -0.39 is 17.6 Å². The van der Waals surface area contributed by atoms with Crippen LogP contribution in [0.1, 0.15) is 32.6 Å². The Bertz CT molecular complexity index is 1190. The normalized spacial score (nSPS) is 13.7. The summed E-state index contributed by atoms with van der Waals surface area (Å²) in [5.41, 5.74) is 1.95. The molecule has 0 saturated carbocycles. The van der Waals surface area contributed by atoms with E-state index in [1.54, 1.807) is 42.7 Å². The van der Waals surface area contributed by atoms with Gasteiger partial charge in [-0.2, -0.15) is 13.2 Å². The summed E-state index contributed by atoms with van der Waals surface area (Å²) in [6.07, 6.45) is 0.454. The van der Waals surface area contributed by atoms with E-state index in [1.807, 2.05) is 6.07 Å². The van der Waals surface area contributed by atoms with Crippen molar-refractivity contribution >= 4 is 17.4 Å². The Morgan fingerprint density at radius 3 is 2.56 bits per heavy atom. The second-order valence-corrected chi connectivity index (χ2v) is 7.13. The zero-order valence-electron chi connectivity index (χ0n) is 16.6. The van der Waals surface area contributed by atoms with Crippen molar-refractivity contribution in [2.45, 2.75) is 19.2 Å². The molecule has 0 atom stereocenters. The number of pyridine rings is 1. The van der Waals surface area contributed by atoms with Crippen LogP contribution in [0.25, 0.3) is 5.70 Å². The Labute approximate surface area is 180 Å². The first-order valence-electron chi connectivity index (χ1n) is 9.55. The molecule has 2 heterocycles. The zero-order valence-corrected chi connectivity index (χ0v) is 16.6. The number of alkyl halides is 3. The minimum atomic E-state index is -4.80. The van der Waals surface area contributed by atoms with Crippen LogP contribution in [0.2, 0.25) is 0 Å². The third-order valence-electron chi connectivity index (χ3n) is 5.05. The summed E-state index contributed by atoms with van der Waals surface area (Å²) in [6.45, 7) is 0.205. The van der Waals surface area contributed by atoms with Crippen molar-refractivity contribution < 1.29 is 27.1 Å². The molecule has 164 valence electrons. The molecule has 2 aromatic carbocycles. The number of ether oxygens (including phenoxy) is 1. The number of fused-ring (bicyclic) bond motifs is 1. The minimum Gasteiger partial charge on any atom is -0.457 e. The summed E-state index contributed by atoms with van der Waals surface area (Å²) < 4.78 is 57.8. The molecule has 1 aromatic heterocycles. The molecule has 0 amide bonds. The van der Waals surface area contributed by atoms with E-state index in [4.69, 9.17) is 10.6 Å². The van der Waals surface area contributed by atoms with Crippen molar-refractivity contribution in [1.82, 2.24) is 4.98 Å². The summed E-state index contributed by atoms with van der Waals surface area (Å²) in [5.74, 6) is 4.43. The van der Waals surface area contributed by atoms with Gasteiger partial charge in [0.05, 0.1) is 22.5 Å².